The molecule has 1 heterocycles. The van der Waals surface area contributed by atoms with E-state index in [1.165, 1.54) is 18.9 Å². The van der Waals surface area contributed by atoms with Gasteiger partial charge in [0.15, 0.2) is 5.16 Å². The minimum Gasteiger partial charge on any atom is -0.453 e. The van der Waals surface area contributed by atoms with Crippen LogP contribution in [-0.2, 0) is 20.5 Å². The fourth-order valence-corrected chi connectivity index (χ4v) is 3.88. The van der Waals surface area contributed by atoms with Crippen LogP contribution in [0.3, 0.4) is 0 Å². The smallest absolute Gasteiger partial charge is 0.411 e. The second-order valence-electron chi connectivity index (χ2n) is 7.40. The molecule has 11 nitrogen and oxygen atoms in total. The van der Waals surface area contributed by atoms with E-state index in [1.54, 1.807) is 18.2 Å². The lowest BCUT2D eigenvalue weighted by molar-refractivity contribution is 0.187. The fraction of sp³-hybridized carbons (Fsp3) is 0.474. The summed E-state index contributed by atoms with van der Waals surface area (Å²) in [6, 6.07) is 6.88. The Bertz CT molecular complexity index is 1020. The van der Waals surface area contributed by atoms with Gasteiger partial charge in [-0.25, -0.2) is 13.2 Å². The van der Waals surface area contributed by atoms with E-state index >= 15 is 0 Å². The van der Waals surface area contributed by atoms with Crippen LogP contribution in [0, 0.1) is 5.92 Å². The third-order valence-electron chi connectivity index (χ3n) is 3.93. The molecular weight excluding hydrogens is 456 g/mol. The minimum absolute atomic E-state index is 0.116. The Morgan fingerprint density at radius 3 is 2.56 bits per heavy atom. The molecular formula is C19H28N6O5S2. The highest BCUT2D eigenvalue weighted by molar-refractivity contribution is 7.98. The molecule has 1 amide bonds. The van der Waals surface area contributed by atoms with Crippen LogP contribution < -0.4 is 15.4 Å². The molecule has 1 aromatic heterocycles. The molecule has 0 aliphatic rings. The van der Waals surface area contributed by atoms with Crippen molar-refractivity contribution in [2.45, 2.75) is 37.2 Å². The number of aliphatic hydroxyl groups is 1. The molecule has 0 saturated carbocycles. The molecule has 0 aliphatic heterocycles. The van der Waals surface area contributed by atoms with E-state index in [0.29, 0.717) is 28.9 Å². The number of aliphatic hydroxyl groups excluding tert-OH is 1. The highest BCUT2D eigenvalue weighted by Crippen LogP contribution is 2.24. The van der Waals surface area contributed by atoms with Crippen molar-refractivity contribution in [2.24, 2.45) is 5.92 Å². The standard InChI is InChI=1S/C19H28N6O5S2/c1-12(2)8-15(10-26)20-16-22-17(25-32(4,28)29)24-18(23-16)31-11-13-6-5-7-14(9-13)21-19(27)30-3/h5-7,9,12,15,26H,8,10-11H2,1-4H3,(H,21,27)(H2,20,22,23,24,25)/t15-/m1/s1. The number of carbonyl (C=O) groups is 1. The van der Waals surface area contributed by atoms with Crippen molar-refractivity contribution in [1.29, 1.82) is 0 Å². The summed E-state index contributed by atoms with van der Waals surface area (Å²) in [5, 5.41) is 15.6. The Balaban J connectivity index is 2.21. The molecule has 1 aromatic carbocycles. The maximum absolute atomic E-state index is 11.7. The predicted molar refractivity (Wildman–Crippen MR) is 124 cm³/mol. The number of hydrogen-bond donors (Lipinski definition) is 4. The molecule has 0 bridgehead atoms. The molecule has 1 atom stereocenters. The normalized spacial score (nSPS) is 12.3. The third kappa shape index (κ3) is 9.24. The average Bonchev–Trinajstić information content (AvgIpc) is 2.70. The van der Waals surface area contributed by atoms with Crippen LogP contribution >= 0.6 is 11.8 Å². The number of methoxy groups -OCH3 is 1. The number of benzene rings is 1. The lowest BCUT2D eigenvalue weighted by atomic mass is 10.0. The van der Waals surface area contributed by atoms with Crippen molar-refractivity contribution in [1.82, 2.24) is 15.0 Å². The molecule has 2 aromatic rings. The van der Waals surface area contributed by atoms with Gasteiger partial charge >= 0.3 is 6.09 Å². The number of nitrogens with zero attached hydrogens (tertiary/aromatic N) is 3. The van der Waals surface area contributed by atoms with Gasteiger partial charge < -0.3 is 15.2 Å². The largest absolute Gasteiger partial charge is 0.453 e. The van der Waals surface area contributed by atoms with Gasteiger partial charge in [0.25, 0.3) is 0 Å². The highest BCUT2D eigenvalue weighted by atomic mass is 32.2. The quantitative estimate of drug-likeness (QED) is 0.350. The van der Waals surface area contributed by atoms with Gasteiger partial charge in [0.05, 0.1) is 26.0 Å². The molecule has 32 heavy (non-hydrogen) atoms. The molecule has 0 saturated heterocycles. The first kappa shape index (κ1) is 25.6. The highest BCUT2D eigenvalue weighted by Gasteiger charge is 2.15. The van der Waals surface area contributed by atoms with Gasteiger partial charge in [-0.3, -0.25) is 10.0 Å². The van der Waals surface area contributed by atoms with Gasteiger partial charge in [0, 0.05) is 11.4 Å². The van der Waals surface area contributed by atoms with Crippen molar-refractivity contribution < 1.29 is 23.1 Å². The van der Waals surface area contributed by atoms with Crippen molar-refractivity contribution in [3.8, 4) is 0 Å². The molecule has 4 N–H and O–H groups in total. The second kappa shape index (κ2) is 11.8. The Morgan fingerprint density at radius 1 is 1.22 bits per heavy atom. The van der Waals surface area contributed by atoms with Gasteiger partial charge in [0.1, 0.15) is 0 Å². The molecule has 0 aliphatic carbocycles. The number of carbonyl (C=O) groups excluding carboxylic acids is 1. The fourth-order valence-electron chi connectivity index (χ4n) is 2.68. The third-order valence-corrected chi connectivity index (χ3v) is 5.40. The average molecular weight is 485 g/mol. The van der Waals surface area contributed by atoms with Gasteiger partial charge in [0.2, 0.25) is 21.9 Å². The van der Waals surface area contributed by atoms with Gasteiger partial charge in [-0.15, -0.1) is 0 Å². The molecule has 0 fully saturated rings. The summed E-state index contributed by atoms with van der Waals surface area (Å²) >= 11 is 1.27. The van der Waals surface area contributed by atoms with E-state index < -0.39 is 16.1 Å². The number of ether oxygens (including phenoxy) is 1. The zero-order valence-electron chi connectivity index (χ0n) is 18.3. The lowest BCUT2D eigenvalue weighted by Crippen LogP contribution is -2.27. The van der Waals surface area contributed by atoms with Gasteiger partial charge in [-0.1, -0.05) is 37.7 Å². The summed E-state index contributed by atoms with van der Waals surface area (Å²) in [5.41, 5.74) is 1.45. The number of thioether (sulfide) groups is 1. The van der Waals surface area contributed by atoms with E-state index in [1.807, 2.05) is 19.9 Å². The van der Waals surface area contributed by atoms with Gasteiger partial charge in [-0.05, 0) is 30.0 Å². The summed E-state index contributed by atoms with van der Waals surface area (Å²) in [4.78, 5) is 24.0. The number of rotatable bonds is 11. The number of sulfonamides is 1. The zero-order chi connectivity index (χ0) is 23.7. The first-order chi connectivity index (χ1) is 15.1. The number of anilines is 3. The Morgan fingerprint density at radius 2 is 1.94 bits per heavy atom. The van der Waals surface area contributed by atoms with Crippen LogP contribution in [0.2, 0.25) is 0 Å². The monoisotopic (exact) mass is 484 g/mol. The van der Waals surface area contributed by atoms with Crippen LogP contribution in [-0.4, -0.2) is 60.6 Å². The molecule has 2 rings (SSSR count). The SMILES string of the molecule is COC(=O)Nc1cccc(CSc2nc(N[C@@H](CO)CC(C)C)nc(NS(C)(=O)=O)n2)c1. The van der Waals surface area contributed by atoms with Crippen LogP contribution in [0.5, 0.6) is 0 Å². The number of nitrogens with one attached hydrogen (secondary N) is 3. The Kier molecular flexibility index (Phi) is 9.47. The number of aromatic nitrogens is 3. The first-order valence-corrected chi connectivity index (χ1v) is 12.6. The molecule has 13 heteroatoms. The van der Waals surface area contributed by atoms with E-state index in [2.05, 4.69) is 35.0 Å². The molecule has 0 radical (unpaired) electrons. The van der Waals surface area contributed by atoms with Crippen molar-refractivity contribution in [3.63, 3.8) is 0 Å². The molecule has 176 valence electrons. The number of amides is 1. The van der Waals surface area contributed by atoms with Gasteiger partial charge in [-0.2, -0.15) is 15.0 Å². The Hall–Kier alpha value is -2.64. The maximum atomic E-state index is 11.7. The van der Waals surface area contributed by atoms with Crippen molar-refractivity contribution in [3.05, 3.63) is 29.8 Å². The first-order valence-electron chi connectivity index (χ1n) is 9.76. The maximum Gasteiger partial charge on any atom is 0.411 e. The lowest BCUT2D eigenvalue weighted by Gasteiger charge is -2.18. The van der Waals surface area contributed by atoms with E-state index in [0.717, 1.165) is 11.8 Å². The van der Waals surface area contributed by atoms with Crippen molar-refractivity contribution in [2.75, 3.05) is 35.3 Å². The van der Waals surface area contributed by atoms with Crippen LogP contribution in [0.4, 0.5) is 22.4 Å². The molecule has 0 spiro atoms. The van der Waals surface area contributed by atoms with E-state index in [4.69, 9.17) is 0 Å². The molecule has 0 unspecified atom stereocenters. The van der Waals surface area contributed by atoms with Crippen LogP contribution in [0.1, 0.15) is 25.8 Å². The van der Waals surface area contributed by atoms with E-state index in [-0.39, 0.29) is 24.5 Å². The predicted octanol–water partition coefficient (Wildman–Crippen LogP) is 2.53. The summed E-state index contributed by atoms with van der Waals surface area (Å²) < 4.78 is 30.2. The number of hydrogen-bond acceptors (Lipinski definition) is 10. The minimum atomic E-state index is -3.59. The van der Waals surface area contributed by atoms with Crippen LogP contribution in [0.25, 0.3) is 0 Å². The topological polar surface area (TPSA) is 155 Å². The summed E-state index contributed by atoms with van der Waals surface area (Å²) in [5.74, 6) is 0.826. The van der Waals surface area contributed by atoms with Crippen LogP contribution in [0.15, 0.2) is 29.4 Å². The zero-order valence-corrected chi connectivity index (χ0v) is 20.0. The Labute approximate surface area is 191 Å². The van der Waals surface area contributed by atoms with Crippen molar-refractivity contribution >= 4 is 45.5 Å². The van der Waals surface area contributed by atoms with E-state index in [9.17, 15) is 18.3 Å². The summed E-state index contributed by atoms with van der Waals surface area (Å²) in [7, 11) is -2.31. The summed E-state index contributed by atoms with van der Waals surface area (Å²) in [6.07, 6.45) is 1.12. The summed E-state index contributed by atoms with van der Waals surface area (Å²) in [6.45, 7) is 3.93. The second-order valence-corrected chi connectivity index (χ2v) is 10.1.